The Hall–Kier alpha value is -2.78. The summed E-state index contributed by atoms with van der Waals surface area (Å²) in [4.78, 5) is 51.6. The molecule has 382 valence electrons. The van der Waals surface area contributed by atoms with Crippen molar-refractivity contribution < 1.29 is 76.4 Å². The Labute approximate surface area is 405 Å². The molecular weight excluding hydrogens is 895 g/mol. The number of hydrogen-bond donors (Lipinski definition) is 1. The van der Waals surface area contributed by atoms with Crippen LogP contribution in [0, 0.1) is 11.8 Å². The van der Waals surface area contributed by atoms with Crippen molar-refractivity contribution in [2.45, 2.75) is 213 Å². The van der Waals surface area contributed by atoms with Crippen LogP contribution in [-0.4, -0.2) is 177 Å². The summed E-state index contributed by atoms with van der Waals surface area (Å²) in [5, 5.41) is 11.4. The maximum absolute atomic E-state index is 14.4. The van der Waals surface area contributed by atoms with Crippen LogP contribution in [0.2, 0.25) is 0 Å². The van der Waals surface area contributed by atoms with Crippen molar-refractivity contribution in [3.8, 4) is 0 Å². The number of rotatable bonds is 15. The van der Waals surface area contributed by atoms with Crippen LogP contribution in [0.5, 0.6) is 0 Å². The number of carbonyl (C=O) groups is 4. The van der Waals surface area contributed by atoms with Gasteiger partial charge in [0.2, 0.25) is 0 Å². The Bertz CT molecular complexity index is 1940. The Morgan fingerprint density at radius 3 is 2.29 bits per heavy atom. The number of ether oxygens (including phenoxy) is 11. The fourth-order valence-corrected chi connectivity index (χ4v) is 13.1. The van der Waals surface area contributed by atoms with E-state index in [1.165, 1.54) is 12.2 Å². The minimum absolute atomic E-state index is 0.0118. The van der Waals surface area contributed by atoms with E-state index in [0.29, 0.717) is 25.7 Å². The Morgan fingerprint density at radius 2 is 1.48 bits per heavy atom. The molecule has 11 aliphatic rings. The third kappa shape index (κ3) is 10.8. The molecule has 10 fully saturated rings. The van der Waals surface area contributed by atoms with Gasteiger partial charge in [0, 0.05) is 76.5 Å². The van der Waals surface area contributed by atoms with Gasteiger partial charge < -0.3 is 57.2 Å². The van der Waals surface area contributed by atoms with E-state index in [9.17, 15) is 24.3 Å². The average molecular weight is 968 g/mol. The molecular formula is C52H73NO16. The summed E-state index contributed by atoms with van der Waals surface area (Å²) in [6.07, 6.45) is 6.22. The minimum atomic E-state index is -0.847. The lowest BCUT2D eigenvalue weighted by molar-refractivity contribution is -0.292. The zero-order valence-corrected chi connectivity index (χ0v) is 40.3. The van der Waals surface area contributed by atoms with Gasteiger partial charge in [-0.3, -0.25) is 24.1 Å². The fourth-order valence-electron chi connectivity index (χ4n) is 13.1. The highest BCUT2D eigenvalue weighted by atomic mass is 16.8. The van der Waals surface area contributed by atoms with Crippen molar-refractivity contribution in [3.63, 3.8) is 0 Å². The van der Waals surface area contributed by atoms with E-state index in [4.69, 9.17) is 52.1 Å². The van der Waals surface area contributed by atoms with E-state index in [1.54, 1.807) is 7.11 Å². The molecule has 0 saturated carbocycles. The van der Waals surface area contributed by atoms with Gasteiger partial charge in [-0.2, -0.15) is 0 Å². The zero-order valence-electron chi connectivity index (χ0n) is 40.3. The summed E-state index contributed by atoms with van der Waals surface area (Å²) >= 11 is 0. The van der Waals surface area contributed by atoms with Crippen molar-refractivity contribution in [1.82, 2.24) is 4.90 Å². The molecule has 0 radical (unpaired) electrons. The second kappa shape index (κ2) is 21.4. The van der Waals surface area contributed by atoms with Crippen LogP contribution in [-0.2, 0) is 71.3 Å². The molecule has 2 amide bonds. The summed E-state index contributed by atoms with van der Waals surface area (Å²) in [7, 11) is 1.63. The first-order chi connectivity index (χ1) is 33.3. The van der Waals surface area contributed by atoms with Crippen LogP contribution in [0.1, 0.15) is 110 Å². The summed E-state index contributed by atoms with van der Waals surface area (Å²) in [5.41, 5.74) is 2.12. The standard InChI is InChI=1S/C52H73NO16/c1-28-21-34-7-9-38-29(2)22-36(62-38)13-15-52-27-43-48(68-52)49-50(67-43)51(69-52)47-39(66-49)10-8-35(64-47)23-33(56)24-37-41(26-40(63-34)30(28)3)65-42(46(37)59-4)25-32(55)6-5-31(54)14-17-60-19-20-61-18-16-53-44(57)11-12-45(53)58/h11-12,28,32,34-43,46-51,55H,2-3,5-10,13-27H2,1,4H3/t28-,32-,34+,35-,36+,37+,38+,39+,40?,41+,42-,43-,46-,47+,48+,49+,50-,51+,52+/m1/s1. The first-order valence-electron chi connectivity index (χ1n) is 25.9. The molecule has 1 unspecified atom stereocenters. The Morgan fingerprint density at radius 1 is 0.754 bits per heavy atom. The lowest BCUT2D eigenvalue weighted by Gasteiger charge is -2.47. The van der Waals surface area contributed by atoms with E-state index < -0.39 is 36.3 Å². The number of nitrogens with zero attached hydrogens (tertiary/aromatic N) is 1. The summed E-state index contributed by atoms with van der Waals surface area (Å²) in [5.74, 6) is -1.62. The Balaban J connectivity index is 0.777. The molecule has 17 heteroatoms. The molecule has 12 bridgehead atoms. The summed E-state index contributed by atoms with van der Waals surface area (Å²) < 4.78 is 71.7. The number of Topliss-reactive ketones (excluding diaryl/α,β-unsaturated/α-hetero) is 2. The number of fused-ring (bicyclic) bond motifs is 6. The number of ketones is 2. The second-order valence-corrected chi connectivity index (χ2v) is 21.4. The van der Waals surface area contributed by atoms with Crippen molar-refractivity contribution >= 4 is 23.4 Å². The first kappa shape index (κ1) is 49.8. The maximum atomic E-state index is 14.4. The lowest BCUT2D eigenvalue weighted by Crippen LogP contribution is -2.61. The van der Waals surface area contributed by atoms with Crippen molar-refractivity contribution in [2.75, 3.05) is 40.1 Å². The number of amides is 2. The first-order valence-corrected chi connectivity index (χ1v) is 25.9. The van der Waals surface area contributed by atoms with Gasteiger partial charge in [0.05, 0.1) is 100 Å². The van der Waals surface area contributed by atoms with Crippen molar-refractivity contribution in [1.29, 1.82) is 0 Å². The van der Waals surface area contributed by atoms with E-state index in [1.807, 2.05) is 0 Å². The smallest absolute Gasteiger partial charge is 0.253 e. The molecule has 0 aromatic carbocycles. The zero-order chi connectivity index (χ0) is 48.0. The molecule has 19 atom stereocenters. The third-order valence-electron chi connectivity index (χ3n) is 16.7. The van der Waals surface area contributed by atoms with Crippen molar-refractivity contribution in [3.05, 3.63) is 36.5 Å². The predicted molar refractivity (Wildman–Crippen MR) is 244 cm³/mol. The number of hydrogen-bond acceptors (Lipinski definition) is 16. The quantitative estimate of drug-likeness (QED) is 0.140. The van der Waals surface area contributed by atoms with E-state index >= 15 is 0 Å². The molecule has 0 aromatic heterocycles. The number of carbonyl (C=O) groups excluding carboxylic acids is 4. The van der Waals surface area contributed by atoms with Gasteiger partial charge in [-0.1, -0.05) is 20.1 Å². The van der Waals surface area contributed by atoms with Gasteiger partial charge >= 0.3 is 0 Å². The average Bonchev–Trinajstić information content (AvgIpc) is 4.08. The minimum Gasteiger partial charge on any atom is -0.393 e. The molecule has 11 heterocycles. The molecule has 0 aliphatic carbocycles. The normalized spacial score (nSPS) is 43.4. The third-order valence-corrected chi connectivity index (χ3v) is 16.7. The summed E-state index contributed by atoms with van der Waals surface area (Å²) in [6, 6.07) is 0. The van der Waals surface area contributed by atoms with Gasteiger partial charge in [0.25, 0.3) is 11.8 Å². The van der Waals surface area contributed by atoms with Crippen LogP contribution in [0.15, 0.2) is 36.5 Å². The van der Waals surface area contributed by atoms with Gasteiger partial charge in [-0.05, 0) is 68.4 Å². The van der Waals surface area contributed by atoms with Crippen LogP contribution in [0.4, 0.5) is 0 Å². The molecule has 69 heavy (non-hydrogen) atoms. The number of imide groups is 1. The highest BCUT2D eigenvalue weighted by Crippen LogP contribution is 2.54. The largest absolute Gasteiger partial charge is 0.393 e. The molecule has 1 spiro atoms. The van der Waals surface area contributed by atoms with Gasteiger partial charge in [-0.25, -0.2) is 0 Å². The Kier molecular flexibility index (Phi) is 15.4. The monoisotopic (exact) mass is 967 g/mol. The van der Waals surface area contributed by atoms with E-state index in [-0.39, 0.29) is 174 Å². The maximum Gasteiger partial charge on any atom is 0.253 e. The predicted octanol–water partition coefficient (Wildman–Crippen LogP) is 4.18. The van der Waals surface area contributed by atoms with Crippen LogP contribution in [0.3, 0.4) is 0 Å². The topological polar surface area (TPSA) is 193 Å². The summed E-state index contributed by atoms with van der Waals surface area (Å²) in [6.45, 7) is 12.2. The molecule has 1 N–H and O–H groups in total. The highest BCUT2D eigenvalue weighted by Gasteiger charge is 2.69. The van der Waals surface area contributed by atoms with Gasteiger partial charge in [-0.15, -0.1) is 0 Å². The van der Waals surface area contributed by atoms with E-state index in [0.717, 1.165) is 54.6 Å². The number of aliphatic hydroxyl groups is 1. The molecule has 0 aromatic rings. The molecule has 17 nitrogen and oxygen atoms in total. The molecule has 10 saturated heterocycles. The lowest BCUT2D eigenvalue weighted by atomic mass is 9.81. The fraction of sp³-hybridized carbons (Fsp3) is 0.808. The number of aliphatic hydroxyl groups excluding tert-OH is 1. The van der Waals surface area contributed by atoms with Crippen LogP contribution in [0.25, 0.3) is 0 Å². The molecule has 11 aliphatic heterocycles. The number of methoxy groups -OCH3 is 1. The van der Waals surface area contributed by atoms with Gasteiger partial charge in [0.1, 0.15) is 42.1 Å². The van der Waals surface area contributed by atoms with Crippen LogP contribution < -0.4 is 0 Å². The van der Waals surface area contributed by atoms with Gasteiger partial charge in [0.15, 0.2) is 5.79 Å². The molecule has 11 rings (SSSR count). The van der Waals surface area contributed by atoms with Crippen LogP contribution >= 0.6 is 0 Å². The SMILES string of the molecule is C=C1C2C[C@@H]3O[C@H](C[C@H](O)CCC(=O)CCOCCOCCN4C(=O)C=CC4=O)[C@H](OC)[C@H]3CC(=O)C[C@H]3CC[C@@H]4O[C@@H]5[C@H]6O[C@@H]7C[C@](CC[C@H]8CC(=C)[C@H](CC[C@@H](C[C@H]1C)O2)O8)(O[C@H]6[C@H]4O3)O[C@H]57. The second-order valence-electron chi connectivity index (χ2n) is 21.4. The van der Waals surface area contributed by atoms with E-state index in [2.05, 4.69) is 20.1 Å². The highest BCUT2D eigenvalue weighted by molar-refractivity contribution is 6.12. The van der Waals surface area contributed by atoms with Crippen molar-refractivity contribution in [2.24, 2.45) is 11.8 Å².